The Hall–Kier alpha value is -3.00. The second-order valence-electron chi connectivity index (χ2n) is 7.04. The Kier molecular flexibility index (Phi) is 5.44. The first-order valence-electron chi connectivity index (χ1n) is 9.78. The lowest BCUT2D eigenvalue weighted by molar-refractivity contribution is -0.121. The quantitative estimate of drug-likeness (QED) is 0.508. The predicted molar refractivity (Wildman–Crippen MR) is 114 cm³/mol. The van der Waals surface area contributed by atoms with Crippen LogP contribution in [0.1, 0.15) is 44.1 Å². The van der Waals surface area contributed by atoms with Gasteiger partial charge in [-0.25, -0.2) is 0 Å². The van der Waals surface area contributed by atoms with Crippen LogP contribution in [0.25, 0.3) is 16.0 Å². The van der Waals surface area contributed by atoms with Crippen molar-refractivity contribution >= 4 is 33.2 Å². The molecule has 0 aliphatic carbocycles. The van der Waals surface area contributed by atoms with Crippen LogP contribution in [0.2, 0.25) is 0 Å². The van der Waals surface area contributed by atoms with Gasteiger partial charge in [-0.3, -0.25) is 18.6 Å². The molecule has 29 heavy (non-hydrogen) atoms. The Balaban J connectivity index is 1.57. The average Bonchev–Trinajstić information content (AvgIpc) is 3.37. The average molecular weight is 410 g/mol. The number of amides is 1. The highest BCUT2D eigenvalue weighted by Crippen LogP contribution is 2.20. The normalized spacial score (nSPS) is 12.5. The summed E-state index contributed by atoms with van der Waals surface area (Å²) in [7, 11) is 0. The van der Waals surface area contributed by atoms with Crippen LogP contribution in [0.4, 0.5) is 0 Å². The van der Waals surface area contributed by atoms with Crippen molar-refractivity contribution in [3.8, 4) is 0 Å². The number of rotatable bonds is 7. The van der Waals surface area contributed by atoms with Crippen LogP contribution >= 0.6 is 11.3 Å². The van der Waals surface area contributed by atoms with Gasteiger partial charge in [0.15, 0.2) is 0 Å². The zero-order valence-corrected chi connectivity index (χ0v) is 17.3. The molecule has 0 bridgehead atoms. The minimum absolute atomic E-state index is 0.0299. The molecule has 3 aromatic heterocycles. The molecule has 0 radical (unpaired) electrons. The molecule has 1 N–H and O–H groups in total. The first kappa shape index (κ1) is 19.3. The maximum Gasteiger partial charge on any atom is 0.272 e. The zero-order valence-electron chi connectivity index (χ0n) is 16.5. The summed E-state index contributed by atoms with van der Waals surface area (Å²) < 4.78 is 4.28. The SMILES string of the molecule is CCCn1c(=O)c2sccc2n2c(CCC(=O)N[C@@H](C)c3ccccc3)nnc12. The monoisotopic (exact) mass is 409 g/mol. The van der Waals surface area contributed by atoms with Gasteiger partial charge >= 0.3 is 0 Å². The zero-order chi connectivity index (χ0) is 20.4. The van der Waals surface area contributed by atoms with Gasteiger partial charge < -0.3 is 5.32 Å². The van der Waals surface area contributed by atoms with Crippen LogP contribution < -0.4 is 10.9 Å². The molecule has 150 valence electrons. The number of nitrogens with one attached hydrogen (secondary N) is 1. The Morgan fingerprint density at radius 3 is 2.76 bits per heavy atom. The number of hydrogen-bond donors (Lipinski definition) is 1. The number of thiophene rings is 1. The van der Waals surface area contributed by atoms with Crippen molar-refractivity contribution < 1.29 is 4.79 Å². The van der Waals surface area contributed by atoms with Crippen molar-refractivity contribution in [3.05, 3.63) is 63.5 Å². The molecule has 0 fully saturated rings. The van der Waals surface area contributed by atoms with E-state index in [1.165, 1.54) is 11.3 Å². The second kappa shape index (κ2) is 8.16. The lowest BCUT2D eigenvalue weighted by Gasteiger charge is -2.14. The molecular weight excluding hydrogens is 386 g/mol. The maximum atomic E-state index is 12.8. The van der Waals surface area contributed by atoms with E-state index in [0.29, 0.717) is 35.7 Å². The Labute approximate surface area is 172 Å². The molecule has 4 rings (SSSR count). The van der Waals surface area contributed by atoms with Gasteiger partial charge in [0.25, 0.3) is 5.56 Å². The largest absolute Gasteiger partial charge is 0.350 e. The Morgan fingerprint density at radius 2 is 2.00 bits per heavy atom. The van der Waals surface area contributed by atoms with E-state index in [1.54, 1.807) is 4.57 Å². The number of aryl methyl sites for hydroxylation is 2. The van der Waals surface area contributed by atoms with Gasteiger partial charge in [0.05, 0.1) is 11.6 Å². The molecule has 0 aliphatic heterocycles. The third-order valence-electron chi connectivity index (χ3n) is 4.98. The van der Waals surface area contributed by atoms with Gasteiger partial charge in [-0.15, -0.1) is 21.5 Å². The summed E-state index contributed by atoms with van der Waals surface area (Å²) in [5, 5.41) is 13.5. The van der Waals surface area contributed by atoms with E-state index in [1.807, 2.05) is 60.0 Å². The highest BCUT2D eigenvalue weighted by Gasteiger charge is 2.18. The van der Waals surface area contributed by atoms with E-state index in [4.69, 9.17) is 0 Å². The van der Waals surface area contributed by atoms with Gasteiger partial charge in [-0.05, 0) is 30.4 Å². The van der Waals surface area contributed by atoms with E-state index in [-0.39, 0.29) is 17.5 Å². The van der Waals surface area contributed by atoms with E-state index in [0.717, 1.165) is 17.5 Å². The molecule has 0 spiro atoms. The summed E-state index contributed by atoms with van der Waals surface area (Å²) in [5.41, 5.74) is 1.84. The van der Waals surface area contributed by atoms with E-state index >= 15 is 0 Å². The number of hydrogen-bond acceptors (Lipinski definition) is 5. The third-order valence-corrected chi connectivity index (χ3v) is 5.87. The van der Waals surface area contributed by atoms with Crippen molar-refractivity contribution in [2.24, 2.45) is 0 Å². The highest BCUT2D eigenvalue weighted by atomic mass is 32.1. The molecular formula is C21H23N5O2S. The van der Waals surface area contributed by atoms with Crippen molar-refractivity contribution in [2.45, 2.75) is 45.7 Å². The molecule has 0 aliphatic rings. The summed E-state index contributed by atoms with van der Waals surface area (Å²) >= 11 is 1.42. The maximum absolute atomic E-state index is 12.8. The minimum atomic E-state index is -0.0582. The van der Waals surface area contributed by atoms with E-state index in [9.17, 15) is 9.59 Å². The van der Waals surface area contributed by atoms with Crippen LogP contribution in [-0.4, -0.2) is 25.1 Å². The number of nitrogens with zero attached hydrogens (tertiary/aromatic N) is 4. The standard InChI is InChI=1S/C21H23N5O2S/c1-3-12-25-20(28)19-16(11-13-29-19)26-17(23-24-21(25)26)9-10-18(27)22-14(2)15-7-5-4-6-8-15/h4-8,11,13-14H,3,9-10,12H2,1-2H3,(H,22,27)/t14-/m0/s1. The summed E-state index contributed by atoms with van der Waals surface area (Å²) in [5.74, 6) is 1.19. The van der Waals surface area contributed by atoms with Crippen LogP contribution in [0, 0.1) is 0 Å². The van der Waals surface area contributed by atoms with Crippen molar-refractivity contribution in [1.82, 2.24) is 24.5 Å². The molecule has 4 aromatic rings. The molecule has 1 atom stereocenters. The second-order valence-corrected chi connectivity index (χ2v) is 7.96. The first-order chi connectivity index (χ1) is 14.1. The summed E-state index contributed by atoms with van der Waals surface area (Å²) in [4.78, 5) is 25.2. The number of carbonyl (C=O) groups excluding carboxylic acids is 1. The number of aromatic nitrogens is 4. The molecule has 8 heteroatoms. The van der Waals surface area contributed by atoms with Crippen molar-refractivity contribution in [1.29, 1.82) is 0 Å². The topological polar surface area (TPSA) is 81.3 Å². The van der Waals surface area contributed by atoms with Crippen LogP contribution in [0.5, 0.6) is 0 Å². The lowest BCUT2D eigenvalue weighted by Crippen LogP contribution is -2.27. The van der Waals surface area contributed by atoms with Gasteiger partial charge in [0.2, 0.25) is 11.7 Å². The molecule has 0 saturated heterocycles. The predicted octanol–water partition coefficient (Wildman–Crippen LogP) is 3.33. The van der Waals surface area contributed by atoms with E-state index < -0.39 is 0 Å². The fourth-order valence-electron chi connectivity index (χ4n) is 3.53. The number of fused-ring (bicyclic) bond motifs is 3. The van der Waals surface area contributed by atoms with Gasteiger partial charge in [-0.2, -0.15) is 0 Å². The van der Waals surface area contributed by atoms with Crippen LogP contribution in [-0.2, 0) is 17.8 Å². The minimum Gasteiger partial charge on any atom is -0.350 e. The van der Waals surface area contributed by atoms with Gasteiger partial charge in [-0.1, -0.05) is 37.3 Å². The van der Waals surface area contributed by atoms with Crippen molar-refractivity contribution in [2.75, 3.05) is 0 Å². The molecule has 1 amide bonds. The molecule has 3 heterocycles. The van der Waals surface area contributed by atoms with Gasteiger partial charge in [0, 0.05) is 19.4 Å². The van der Waals surface area contributed by atoms with E-state index in [2.05, 4.69) is 15.5 Å². The first-order valence-corrected chi connectivity index (χ1v) is 10.7. The van der Waals surface area contributed by atoms with Crippen LogP contribution in [0.15, 0.2) is 46.6 Å². The van der Waals surface area contributed by atoms with Crippen molar-refractivity contribution in [3.63, 3.8) is 0 Å². The lowest BCUT2D eigenvalue weighted by atomic mass is 10.1. The number of benzene rings is 1. The molecule has 0 unspecified atom stereocenters. The molecule has 1 aromatic carbocycles. The van der Waals surface area contributed by atoms with Crippen LogP contribution in [0.3, 0.4) is 0 Å². The smallest absolute Gasteiger partial charge is 0.272 e. The third kappa shape index (κ3) is 3.67. The Bertz CT molecular complexity index is 1210. The summed E-state index contributed by atoms with van der Waals surface area (Å²) in [6.07, 6.45) is 1.58. The molecule has 0 saturated carbocycles. The Morgan fingerprint density at radius 1 is 1.21 bits per heavy atom. The number of carbonyl (C=O) groups is 1. The van der Waals surface area contributed by atoms with Gasteiger partial charge in [0.1, 0.15) is 10.5 Å². The summed E-state index contributed by atoms with van der Waals surface area (Å²) in [6, 6.07) is 11.7. The fraction of sp³-hybridized carbons (Fsp3) is 0.333. The molecule has 7 nitrogen and oxygen atoms in total. The fourth-order valence-corrected chi connectivity index (χ4v) is 4.36. The highest BCUT2D eigenvalue weighted by molar-refractivity contribution is 7.17. The summed E-state index contributed by atoms with van der Waals surface area (Å²) in [6.45, 7) is 4.58.